The number of aryl methyl sites for hydroxylation is 1. The zero-order valence-corrected chi connectivity index (χ0v) is 16.3. The average molecular weight is 381 g/mol. The Bertz CT molecular complexity index is 782. The third-order valence-electron chi connectivity index (χ3n) is 3.70. The van der Waals surface area contributed by atoms with Gasteiger partial charge in [0, 0.05) is 18.0 Å². The fourth-order valence-corrected chi connectivity index (χ4v) is 5.06. The van der Waals surface area contributed by atoms with Crippen LogP contribution in [0.25, 0.3) is 0 Å². The normalized spacial score (nSPS) is 12.8. The van der Waals surface area contributed by atoms with Gasteiger partial charge in [0.2, 0.25) is 0 Å². The molecule has 25 heavy (non-hydrogen) atoms. The maximum absolute atomic E-state index is 13.1. The summed E-state index contributed by atoms with van der Waals surface area (Å²) in [4.78, 5) is 12.9. The first-order valence-corrected chi connectivity index (χ1v) is 10.6. The molecular formula is C18H24N2O3S2. The molecule has 0 aliphatic heterocycles. The van der Waals surface area contributed by atoms with Crippen LogP contribution in [0.3, 0.4) is 0 Å². The van der Waals surface area contributed by atoms with Crippen molar-refractivity contribution in [1.29, 1.82) is 0 Å². The molecule has 1 heterocycles. The molecule has 5 nitrogen and oxygen atoms in total. The molecule has 1 unspecified atom stereocenters. The minimum absolute atomic E-state index is 0.0284. The highest BCUT2D eigenvalue weighted by atomic mass is 32.2. The van der Waals surface area contributed by atoms with Crippen molar-refractivity contribution in [3.05, 3.63) is 52.2 Å². The molecule has 0 spiro atoms. The number of benzene rings is 1. The van der Waals surface area contributed by atoms with Crippen LogP contribution >= 0.6 is 11.3 Å². The highest BCUT2D eigenvalue weighted by Crippen LogP contribution is 2.31. The standard InChI is InChI=1S/C18H24N2O3S2/c1-13(2)11-19-18(21)20-12-17(16-5-4-10-24-16)25(22,23)15-8-6-14(3)7-9-15/h4-10,13,17H,11-12H2,1-3H3,(H2,19,20,21). The lowest BCUT2D eigenvalue weighted by Crippen LogP contribution is -2.40. The van der Waals surface area contributed by atoms with E-state index >= 15 is 0 Å². The smallest absolute Gasteiger partial charge is 0.314 e. The summed E-state index contributed by atoms with van der Waals surface area (Å²) < 4.78 is 26.1. The average Bonchev–Trinajstić information content (AvgIpc) is 3.07. The first-order chi connectivity index (χ1) is 11.8. The zero-order chi connectivity index (χ0) is 18.4. The topological polar surface area (TPSA) is 75.3 Å². The Morgan fingerprint density at radius 1 is 1.08 bits per heavy atom. The zero-order valence-electron chi connectivity index (χ0n) is 14.7. The number of hydrogen-bond acceptors (Lipinski definition) is 4. The number of amides is 2. The monoisotopic (exact) mass is 380 g/mol. The van der Waals surface area contributed by atoms with Crippen LogP contribution < -0.4 is 10.6 Å². The molecule has 0 saturated carbocycles. The van der Waals surface area contributed by atoms with E-state index in [1.54, 1.807) is 30.3 Å². The molecule has 136 valence electrons. The van der Waals surface area contributed by atoms with Gasteiger partial charge in [-0.25, -0.2) is 13.2 Å². The second-order valence-electron chi connectivity index (χ2n) is 6.35. The van der Waals surface area contributed by atoms with Crippen LogP contribution in [0.5, 0.6) is 0 Å². The van der Waals surface area contributed by atoms with Crippen LogP contribution in [0.15, 0.2) is 46.7 Å². The summed E-state index contributed by atoms with van der Waals surface area (Å²) in [7, 11) is -3.60. The van der Waals surface area contributed by atoms with Gasteiger partial charge in [-0.15, -0.1) is 11.3 Å². The van der Waals surface area contributed by atoms with Gasteiger partial charge in [0.15, 0.2) is 9.84 Å². The van der Waals surface area contributed by atoms with E-state index in [4.69, 9.17) is 0 Å². The molecule has 1 atom stereocenters. The van der Waals surface area contributed by atoms with Crippen molar-refractivity contribution in [2.24, 2.45) is 5.92 Å². The van der Waals surface area contributed by atoms with Gasteiger partial charge < -0.3 is 10.6 Å². The van der Waals surface area contributed by atoms with Crippen molar-refractivity contribution in [2.75, 3.05) is 13.1 Å². The summed E-state index contributed by atoms with van der Waals surface area (Å²) in [6, 6.07) is 10.0. The Balaban J connectivity index is 2.19. The molecule has 2 rings (SSSR count). The number of nitrogens with one attached hydrogen (secondary N) is 2. The molecule has 1 aromatic heterocycles. The van der Waals surface area contributed by atoms with Crippen molar-refractivity contribution in [3.8, 4) is 0 Å². The van der Waals surface area contributed by atoms with Crippen LogP contribution in [0.4, 0.5) is 4.79 Å². The number of carbonyl (C=O) groups excluding carboxylic acids is 1. The van der Waals surface area contributed by atoms with E-state index in [0.29, 0.717) is 17.3 Å². The van der Waals surface area contributed by atoms with E-state index in [1.165, 1.54) is 11.3 Å². The maximum Gasteiger partial charge on any atom is 0.314 e. The Morgan fingerprint density at radius 3 is 2.28 bits per heavy atom. The number of rotatable bonds is 7. The number of hydrogen-bond donors (Lipinski definition) is 2. The molecule has 0 radical (unpaired) electrons. The lowest BCUT2D eigenvalue weighted by Gasteiger charge is -2.18. The first-order valence-electron chi connectivity index (χ1n) is 8.16. The van der Waals surface area contributed by atoms with E-state index in [1.807, 2.05) is 32.2 Å². The molecule has 0 aliphatic carbocycles. The predicted molar refractivity (Wildman–Crippen MR) is 102 cm³/mol. The van der Waals surface area contributed by atoms with Crippen molar-refractivity contribution in [2.45, 2.75) is 30.9 Å². The van der Waals surface area contributed by atoms with Crippen molar-refractivity contribution >= 4 is 27.2 Å². The first kappa shape index (κ1) is 19.5. The Kier molecular flexibility index (Phi) is 6.61. The van der Waals surface area contributed by atoms with Gasteiger partial charge in [0.25, 0.3) is 0 Å². The molecule has 2 aromatic rings. The molecule has 0 fully saturated rings. The molecule has 0 saturated heterocycles. The number of thiophene rings is 1. The third-order valence-corrected chi connectivity index (χ3v) is 6.94. The van der Waals surface area contributed by atoms with Crippen LogP contribution in [-0.2, 0) is 9.84 Å². The van der Waals surface area contributed by atoms with E-state index in [9.17, 15) is 13.2 Å². The molecule has 2 N–H and O–H groups in total. The van der Waals surface area contributed by atoms with Gasteiger partial charge in [-0.3, -0.25) is 0 Å². The summed E-state index contributed by atoms with van der Waals surface area (Å²) in [6.07, 6.45) is 0. The Labute approximate surface area is 153 Å². The van der Waals surface area contributed by atoms with Crippen LogP contribution in [0.1, 0.15) is 29.5 Å². The lowest BCUT2D eigenvalue weighted by molar-refractivity contribution is 0.239. The number of urea groups is 1. The summed E-state index contributed by atoms with van der Waals surface area (Å²) in [5, 5.41) is 6.46. The molecule has 0 aliphatic rings. The fourth-order valence-electron chi connectivity index (χ4n) is 2.27. The van der Waals surface area contributed by atoms with Crippen molar-refractivity contribution in [3.63, 3.8) is 0 Å². The van der Waals surface area contributed by atoms with Gasteiger partial charge in [0.1, 0.15) is 5.25 Å². The van der Waals surface area contributed by atoms with E-state index in [-0.39, 0.29) is 17.5 Å². The van der Waals surface area contributed by atoms with Crippen molar-refractivity contribution in [1.82, 2.24) is 10.6 Å². The highest BCUT2D eigenvalue weighted by Gasteiger charge is 2.30. The van der Waals surface area contributed by atoms with E-state index in [2.05, 4.69) is 10.6 Å². The second-order valence-corrected chi connectivity index (χ2v) is 9.46. The molecule has 7 heteroatoms. The maximum atomic E-state index is 13.1. The lowest BCUT2D eigenvalue weighted by atomic mass is 10.2. The van der Waals surface area contributed by atoms with Crippen LogP contribution in [0, 0.1) is 12.8 Å². The summed E-state index contributed by atoms with van der Waals surface area (Å²) in [5.74, 6) is 0.329. The third kappa shape index (κ3) is 5.31. The van der Waals surface area contributed by atoms with Gasteiger partial charge in [0.05, 0.1) is 4.90 Å². The Hall–Kier alpha value is -1.86. The van der Waals surface area contributed by atoms with Crippen LogP contribution in [-0.4, -0.2) is 27.5 Å². The molecular weight excluding hydrogens is 356 g/mol. The number of carbonyl (C=O) groups is 1. The minimum atomic E-state index is -3.60. The minimum Gasteiger partial charge on any atom is -0.338 e. The van der Waals surface area contributed by atoms with Gasteiger partial charge in [-0.2, -0.15) is 0 Å². The van der Waals surface area contributed by atoms with Gasteiger partial charge >= 0.3 is 6.03 Å². The van der Waals surface area contributed by atoms with Crippen molar-refractivity contribution < 1.29 is 13.2 Å². The predicted octanol–water partition coefficient (Wildman–Crippen LogP) is 3.53. The van der Waals surface area contributed by atoms with Gasteiger partial charge in [-0.1, -0.05) is 37.6 Å². The summed E-state index contributed by atoms with van der Waals surface area (Å²) >= 11 is 1.37. The van der Waals surface area contributed by atoms with E-state index < -0.39 is 15.1 Å². The van der Waals surface area contributed by atoms with Gasteiger partial charge in [-0.05, 0) is 36.4 Å². The van der Waals surface area contributed by atoms with E-state index in [0.717, 1.165) is 5.56 Å². The summed E-state index contributed by atoms with van der Waals surface area (Å²) in [5.41, 5.74) is 0.998. The molecule has 2 amide bonds. The fraction of sp³-hybridized carbons (Fsp3) is 0.389. The highest BCUT2D eigenvalue weighted by molar-refractivity contribution is 7.91. The number of sulfone groups is 1. The Morgan fingerprint density at radius 2 is 1.72 bits per heavy atom. The summed E-state index contributed by atoms with van der Waals surface area (Å²) in [6.45, 7) is 6.47. The SMILES string of the molecule is Cc1ccc(S(=O)(=O)C(CNC(=O)NCC(C)C)c2cccs2)cc1. The van der Waals surface area contributed by atoms with Crippen LogP contribution in [0.2, 0.25) is 0 Å². The largest absolute Gasteiger partial charge is 0.338 e. The second kappa shape index (κ2) is 8.49. The molecule has 1 aromatic carbocycles. The molecule has 0 bridgehead atoms. The quantitative estimate of drug-likeness (QED) is 0.772.